The molecule has 0 bridgehead atoms. The maximum Gasteiger partial charge on any atom is 0.233 e. The zero-order valence-electron chi connectivity index (χ0n) is 16.3. The van der Waals surface area contributed by atoms with Crippen LogP contribution in [0.15, 0.2) is 53.7 Å². The van der Waals surface area contributed by atoms with Crippen molar-refractivity contribution in [1.82, 2.24) is 20.1 Å². The van der Waals surface area contributed by atoms with Gasteiger partial charge in [0.05, 0.1) is 11.8 Å². The summed E-state index contributed by atoms with van der Waals surface area (Å²) in [4.78, 5) is 12.2. The molecule has 1 aromatic heterocycles. The van der Waals surface area contributed by atoms with Crippen LogP contribution in [-0.4, -0.2) is 39.3 Å². The normalized spacial score (nSPS) is 13.3. The lowest BCUT2D eigenvalue weighted by molar-refractivity contribution is -0.120. The summed E-state index contributed by atoms with van der Waals surface area (Å²) in [6, 6.07) is 15.8. The highest BCUT2D eigenvalue weighted by Crippen LogP contribution is 2.34. The summed E-state index contributed by atoms with van der Waals surface area (Å²) in [5.41, 5.74) is 2.01. The molecular weight excluding hydrogens is 388 g/mol. The smallest absolute Gasteiger partial charge is 0.233 e. The third kappa shape index (κ3) is 4.22. The number of ether oxygens (including phenoxy) is 2. The van der Waals surface area contributed by atoms with Crippen molar-refractivity contribution in [3.05, 3.63) is 54.1 Å². The topological polar surface area (TPSA) is 78.3 Å². The summed E-state index contributed by atoms with van der Waals surface area (Å²) >= 11 is 1.40. The Balaban J connectivity index is 1.67. The third-order valence-corrected chi connectivity index (χ3v) is 5.61. The maximum atomic E-state index is 12.2. The number of hydrogen-bond acceptors (Lipinski definition) is 6. The number of fused-ring (bicyclic) bond motifs is 1. The van der Waals surface area contributed by atoms with Crippen LogP contribution in [0.2, 0.25) is 0 Å². The van der Waals surface area contributed by atoms with Gasteiger partial charge < -0.3 is 14.8 Å². The Morgan fingerprint density at radius 3 is 2.76 bits per heavy atom. The van der Waals surface area contributed by atoms with Crippen LogP contribution >= 0.6 is 11.8 Å². The summed E-state index contributed by atoms with van der Waals surface area (Å²) in [6.45, 7) is 5.18. The molecule has 1 N–H and O–H groups in total. The van der Waals surface area contributed by atoms with Gasteiger partial charge in [0.25, 0.3) is 0 Å². The molecule has 1 atom stereocenters. The van der Waals surface area contributed by atoms with Crippen molar-refractivity contribution >= 4 is 17.7 Å². The summed E-state index contributed by atoms with van der Waals surface area (Å²) in [6.07, 6.45) is 0. The molecule has 1 aliphatic heterocycles. The van der Waals surface area contributed by atoms with Crippen LogP contribution in [0.25, 0.3) is 11.4 Å². The van der Waals surface area contributed by atoms with Gasteiger partial charge in [-0.1, -0.05) is 48.2 Å². The van der Waals surface area contributed by atoms with E-state index < -0.39 is 0 Å². The van der Waals surface area contributed by atoms with Gasteiger partial charge in [0.15, 0.2) is 22.5 Å². The van der Waals surface area contributed by atoms with E-state index in [0.717, 1.165) is 28.5 Å². The molecule has 0 radical (unpaired) electrons. The van der Waals surface area contributed by atoms with E-state index >= 15 is 0 Å². The second-order valence-electron chi connectivity index (χ2n) is 6.60. The van der Waals surface area contributed by atoms with Crippen molar-refractivity contribution in [2.45, 2.75) is 30.8 Å². The van der Waals surface area contributed by atoms with Crippen LogP contribution in [0.5, 0.6) is 11.5 Å². The molecule has 0 spiro atoms. The van der Waals surface area contributed by atoms with E-state index in [1.807, 2.05) is 66.9 Å². The standard InChI is InChI=1S/C21H22N4O3S/c1-3-22-20(26)14(2)29-21-24-23-19(16-7-5-4-6-8-16)25(21)12-15-9-10-17-18(11-15)28-13-27-17/h4-11,14H,3,12-13H2,1-2H3,(H,22,26)/t14-/m1/s1. The van der Waals surface area contributed by atoms with Crippen molar-refractivity contribution in [3.63, 3.8) is 0 Å². The quantitative estimate of drug-likeness (QED) is 0.602. The first-order valence-electron chi connectivity index (χ1n) is 9.47. The maximum absolute atomic E-state index is 12.2. The molecule has 1 amide bonds. The van der Waals surface area contributed by atoms with Crippen LogP contribution in [0.4, 0.5) is 0 Å². The lowest BCUT2D eigenvalue weighted by Gasteiger charge is -2.14. The van der Waals surface area contributed by atoms with Gasteiger partial charge in [-0.05, 0) is 31.5 Å². The Kier molecular flexibility index (Phi) is 5.71. The number of benzene rings is 2. The van der Waals surface area contributed by atoms with Gasteiger partial charge in [-0.3, -0.25) is 9.36 Å². The minimum Gasteiger partial charge on any atom is -0.454 e. The van der Waals surface area contributed by atoms with Gasteiger partial charge in [0.1, 0.15) is 0 Å². The number of amides is 1. The molecule has 0 unspecified atom stereocenters. The average molecular weight is 410 g/mol. The minimum atomic E-state index is -0.279. The van der Waals surface area contributed by atoms with Crippen molar-refractivity contribution in [2.24, 2.45) is 0 Å². The molecule has 8 heteroatoms. The Labute approximate surface area is 173 Å². The van der Waals surface area contributed by atoms with E-state index in [-0.39, 0.29) is 18.0 Å². The molecule has 0 fully saturated rings. The van der Waals surface area contributed by atoms with Crippen LogP contribution in [0, 0.1) is 0 Å². The fraction of sp³-hybridized carbons (Fsp3) is 0.286. The van der Waals surface area contributed by atoms with Gasteiger partial charge in [-0.2, -0.15) is 0 Å². The Morgan fingerprint density at radius 2 is 1.97 bits per heavy atom. The van der Waals surface area contributed by atoms with Gasteiger partial charge in [0.2, 0.25) is 12.7 Å². The van der Waals surface area contributed by atoms with Crippen LogP contribution in [-0.2, 0) is 11.3 Å². The highest BCUT2D eigenvalue weighted by molar-refractivity contribution is 8.00. The van der Waals surface area contributed by atoms with E-state index in [4.69, 9.17) is 9.47 Å². The molecule has 4 rings (SSSR count). The Hall–Kier alpha value is -3.00. The van der Waals surface area contributed by atoms with Crippen molar-refractivity contribution < 1.29 is 14.3 Å². The number of carbonyl (C=O) groups is 1. The predicted molar refractivity (Wildman–Crippen MR) is 111 cm³/mol. The predicted octanol–water partition coefficient (Wildman–Crippen LogP) is 3.34. The molecule has 3 aromatic rings. The molecule has 29 heavy (non-hydrogen) atoms. The molecule has 2 aromatic carbocycles. The number of carbonyl (C=O) groups excluding carboxylic acids is 1. The fourth-order valence-electron chi connectivity index (χ4n) is 3.07. The largest absolute Gasteiger partial charge is 0.454 e. The van der Waals surface area contributed by atoms with E-state index in [0.29, 0.717) is 18.2 Å². The van der Waals surface area contributed by atoms with Crippen LogP contribution in [0.3, 0.4) is 0 Å². The molecular formula is C21H22N4O3S. The number of aromatic nitrogens is 3. The van der Waals surface area contributed by atoms with Crippen LogP contribution < -0.4 is 14.8 Å². The molecule has 0 saturated carbocycles. The fourth-order valence-corrected chi connectivity index (χ4v) is 3.94. The zero-order chi connectivity index (χ0) is 20.2. The minimum absolute atomic E-state index is 0.0172. The molecule has 7 nitrogen and oxygen atoms in total. The first kappa shape index (κ1) is 19.3. The second-order valence-corrected chi connectivity index (χ2v) is 7.91. The first-order valence-corrected chi connectivity index (χ1v) is 10.3. The first-order chi connectivity index (χ1) is 14.2. The zero-order valence-corrected chi connectivity index (χ0v) is 17.1. The highest BCUT2D eigenvalue weighted by atomic mass is 32.2. The SMILES string of the molecule is CCNC(=O)[C@@H](C)Sc1nnc(-c2ccccc2)n1Cc1ccc2c(c1)OCO2. The second kappa shape index (κ2) is 8.57. The molecule has 150 valence electrons. The van der Waals surface area contributed by atoms with Gasteiger partial charge in [-0.15, -0.1) is 10.2 Å². The van der Waals surface area contributed by atoms with E-state index in [1.165, 1.54) is 11.8 Å². The summed E-state index contributed by atoms with van der Waals surface area (Å²) in [5, 5.41) is 12.1. The number of rotatable bonds is 7. The van der Waals surface area contributed by atoms with E-state index in [1.54, 1.807) is 0 Å². The number of nitrogens with one attached hydrogen (secondary N) is 1. The molecule has 0 saturated heterocycles. The lowest BCUT2D eigenvalue weighted by Crippen LogP contribution is -2.30. The average Bonchev–Trinajstić information content (AvgIpc) is 3.36. The Bertz CT molecular complexity index is 1010. The van der Waals surface area contributed by atoms with E-state index in [9.17, 15) is 4.79 Å². The Morgan fingerprint density at radius 1 is 1.17 bits per heavy atom. The molecule has 1 aliphatic rings. The third-order valence-electron chi connectivity index (χ3n) is 4.53. The molecule has 2 heterocycles. The van der Waals surface area contributed by atoms with Gasteiger partial charge >= 0.3 is 0 Å². The summed E-state index contributed by atoms with van der Waals surface area (Å²) < 4.78 is 12.9. The van der Waals surface area contributed by atoms with Crippen molar-refractivity contribution in [2.75, 3.05) is 13.3 Å². The van der Waals surface area contributed by atoms with Crippen molar-refractivity contribution in [3.8, 4) is 22.9 Å². The monoisotopic (exact) mass is 410 g/mol. The summed E-state index contributed by atoms with van der Waals surface area (Å²) in [5.74, 6) is 2.23. The highest BCUT2D eigenvalue weighted by Gasteiger charge is 2.21. The van der Waals surface area contributed by atoms with E-state index in [2.05, 4.69) is 15.5 Å². The summed E-state index contributed by atoms with van der Waals surface area (Å²) in [7, 11) is 0. The number of thioether (sulfide) groups is 1. The number of nitrogens with zero attached hydrogens (tertiary/aromatic N) is 3. The van der Waals surface area contributed by atoms with Crippen molar-refractivity contribution in [1.29, 1.82) is 0 Å². The number of hydrogen-bond donors (Lipinski definition) is 1. The van der Waals surface area contributed by atoms with Gasteiger partial charge in [-0.25, -0.2) is 0 Å². The van der Waals surface area contributed by atoms with Crippen LogP contribution in [0.1, 0.15) is 19.4 Å². The lowest BCUT2D eigenvalue weighted by atomic mass is 10.2. The molecule has 0 aliphatic carbocycles. The van der Waals surface area contributed by atoms with Gasteiger partial charge in [0, 0.05) is 12.1 Å².